The third kappa shape index (κ3) is 22.1. The molecule has 0 unspecified atom stereocenters. The third-order valence-corrected chi connectivity index (χ3v) is 2.22. The average Bonchev–Trinajstić information content (AvgIpc) is 2.75. The summed E-state index contributed by atoms with van der Waals surface area (Å²) >= 11 is 0. The van der Waals surface area contributed by atoms with E-state index in [0.29, 0.717) is 0 Å². The molecule has 13 heteroatoms. The fourth-order valence-corrected chi connectivity index (χ4v) is 0.577. The van der Waals surface area contributed by atoms with Crippen molar-refractivity contribution in [2.75, 3.05) is 14.2 Å². The molecule has 118 valence electrons. The van der Waals surface area contributed by atoms with Crippen LogP contribution in [0.25, 0.3) is 6.20 Å². The van der Waals surface area contributed by atoms with Crippen molar-refractivity contribution in [2.45, 2.75) is 0 Å². The Morgan fingerprint density at radius 3 is 1.57 bits per heavy atom. The molecular formula is C8H15N2NaO8S2. The second-order valence-corrected chi connectivity index (χ2v) is 5.16. The average molecular weight is 354 g/mol. The van der Waals surface area contributed by atoms with E-state index in [4.69, 9.17) is 0 Å². The van der Waals surface area contributed by atoms with E-state index in [1.165, 1.54) is 0 Å². The number of hydrogen-bond acceptors (Lipinski definition) is 8. The summed E-state index contributed by atoms with van der Waals surface area (Å²) in [4.78, 5) is 0. The van der Waals surface area contributed by atoms with Crippen molar-refractivity contribution in [1.82, 2.24) is 4.57 Å². The van der Waals surface area contributed by atoms with Crippen LogP contribution < -0.4 is 34.1 Å². The van der Waals surface area contributed by atoms with Gasteiger partial charge in [0.15, 0.2) is 0 Å². The summed E-state index contributed by atoms with van der Waals surface area (Å²) < 4.78 is 65.9. The summed E-state index contributed by atoms with van der Waals surface area (Å²) in [5.41, 5.74) is 0. The van der Waals surface area contributed by atoms with E-state index in [1.807, 2.05) is 34.9 Å². The fourth-order valence-electron chi connectivity index (χ4n) is 0.577. The Labute approximate surface area is 146 Å². The van der Waals surface area contributed by atoms with Crippen LogP contribution in [0.5, 0.6) is 0 Å². The van der Waals surface area contributed by atoms with Gasteiger partial charge in [-0.25, -0.2) is 26.0 Å². The molecule has 0 aromatic carbocycles. The summed E-state index contributed by atoms with van der Waals surface area (Å²) in [5, 5.41) is 0. The fraction of sp³-hybridized carbons (Fsp3) is 0.375. The van der Waals surface area contributed by atoms with Crippen LogP contribution >= 0.6 is 0 Å². The standard InChI is InChI=1S/C6H9N2.2CH4O4S.Na/c1-3-8-5-4-7(2)6-8;2*1-5-6(2,3)4;/h3-6H,1H2,2H3;2*1H3,(H,2,3,4);/q+1;;;+1/p-2. The molecule has 0 aliphatic rings. The molecule has 1 rings (SSSR count). The maximum atomic E-state index is 9.22. The van der Waals surface area contributed by atoms with Crippen LogP contribution in [0.2, 0.25) is 0 Å². The minimum atomic E-state index is -4.41. The van der Waals surface area contributed by atoms with Gasteiger partial charge in [0.2, 0.25) is 27.1 Å². The SMILES string of the molecule is C=Cn1cc[n+](C)c1.COS(=O)(=O)[O-].COS(=O)(=O)[O-].[Na+]. The van der Waals surface area contributed by atoms with Gasteiger partial charge in [-0.2, -0.15) is 0 Å². The van der Waals surface area contributed by atoms with E-state index in [0.717, 1.165) is 14.2 Å². The third-order valence-electron chi connectivity index (χ3n) is 1.41. The normalized spacial score (nSPS) is 10.1. The number of nitrogens with zero attached hydrogens (tertiary/aromatic N) is 2. The van der Waals surface area contributed by atoms with Crippen LogP contribution in [0.1, 0.15) is 0 Å². The van der Waals surface area contributed by atoms with E-state index in [9.17, 15) is 25.9 Å². The zero-order valence-corrected chi connectivity index (χ0v) is 15.6. The van der Waals surface area contributed by atoms with Crippen molar-refractivity contribution < 1.29 is 68.4 Å². The van der Waals surface area contributed by atoms with Gasteiger partial charge in [0.25, 0.3) is 0 Å². The quantitative estimate of drug-likeness (QED) is 0.229. The van der Waals surface area contributed by atoms with Crippen molar-refractivity contribution >= 4 is 27.0 Å². The Hall–Kier alpha value is -0.310. The van der Waals surface area contributed by atoms with Crippen LogP contribution in [-0.2, 0) is 36.2 Å². The molecule has 0 fully saturated rings. The molecule has 0 aliphatic carbocycles. The summed E-state index contributed by atoms with van der Waals surface area (Å²) in [6.45, 7) is 3.59. The van der Waals surface area contributed by atoms with E-state index < -0.39 is 20.8 Å². The van der Waals surface area contributed by atoms with Gasteiger partial charge in [-0.05, 0) is 0 Å². The minimum absolute atomic E-state index is 0. The molecule has 1 aromatic heterocycles. The Morgan fingerprint density at radius 2 is 1.48 bits per heavy atom. The Balaban J connectivity index is -0.000000231. The van der Waals surface area contributed by atoms with Gasteiger partial charge in [-0.3, -0.25) is 8.37 Å². The predicted molar refractivity (Wildman–Crippen MR) is 65.4 cm³/mol. The van der Waals surface area contributed by atoms with Crippen LogP contribution in [-0.4, -0.2) is 44.7 Å². The zero-order valence-electron chi connectivity index (χ0n) is 12.0. The number of imidazole rings is 1. The van der Waals surface area contributed by atoms with E-state index in [2.05, 4.69) is 14.9 Å². The van der Waals surface area contributed by atoms with E-state index in [-0.39, 0.29) is 29.6 Å². The Bertz CT molecular complexity index is 564. The second-order valence-electron chi connectivity index (χ2n) is 2.86. The summed E-state index contributed by atoms with van der Waals surface area (Å²) in [6.07, 6.45) is 7.58. The molecule has 0 saturated heterocycles. The molecule has 0 saturated carbocycles. The van der Waals surface area contributed by atoms with Gasteiger partial charge in [-0.15, -0.1) is 0 Å². The maximum absolute atomic E-state index is 9.22. The minimum Gasteiger partial charge on any atom is -0.726 e. The largest absolute Gasteiger partial charge is 1.00 e. The number of rotatable bonds is 3. The summed E-state index contributed by atoms with van der Waals surface area (Å²) in [7, 11) is -5.24. The van der Waals surface area contributed by atoms with Gasteiger partial charge in [-0.1, -0.05) is 6.58 Å². The molecule has 0 bridgehead atoms. The summed E-state index contributed by atoms with van der Waals surface area (Å²) in [5.74, 6) is 0. The van der Waals surface area contributed by atoms with Gasteiger partial charge < -0.3 is 9.11 Å². The second kappa shape index (κ2) is 12.3. The Morgan fingerprint density at radius 1 is 1.14 bits per heavy atom. The first kappa shape index (κ1) is 25.6. The number of hydrogen-bond donors (Lipinski definition) is 0. The van der Waals surface area contributed by atoms with Gasteiger partial charge >= 0.3 is 29.6 Å². The molecule has 0 atom stereocenters. The first-order chi connectivity index (χ1) is 8.95. The van der Waals surface area contributed by atoms with Gasteiger partial charge in [0.05, 0.1) is 27.5 Å². The van der Waals surface area contributed by atoms with Crippen LogP contribution in [0, 0.1) is 0 Å². The molecule has 0 aliphatic heterocycles. The van der Waals surface area contributed by atoms with E-state index >= 15 is 0 Å². The molecule has 0 spiro atoms. The molecule has 1 aromatic rings. The van der Waals surface area contributed by atoms with Crippen molar-refractivity contribution in [1.29, 1.82) is 0 Å². The smallest absolute Gasteiger partial charge is 0.726 e. The monoisotopic (exact) mass is 354 g/mol. The van der Waals surface area contributed by atoms with Crippen molar-refractivity contribution in [3.8, 4) is 0 Å². The molecule has 10 nitrogen and oxygen atoms in total. The van der Waals surface area contributed by atoms with Gasteiger partial charge in [0.1, 0.15) is 12.4 Å². The molecule has 0 radical (unpaired) electrons. The number of aryl methyl sites for hydroxylation is 1. The molecule has 0 N–H and O–H groups in total. The van der Waals surface area contributed by atoms with E-state index in [1.54, 1.807) is 6.20 Å². The molecule has 21 heavy (non-hydrogen) atoms. The maximum Gasteiger partial charge on any atom is 1.00 e. The molecular weight excluding hydrogens is 339 g/mol. The molecule has 1 heterocycles. The number of aromatic nitrogens is 2. The first-order valence-electron chi connectivity index (χ1n) is 4.63. The zero-order chi connectivity index (χ0) is 16.4. The summed E-state index contributed by atoms with van der Waals surface area (Å²) in [6, 6.07) is 0. The van der Waals surface area contributed by atoms with Crippen LogP contribution in [0.4, 0.5) is 0 Å². The predicted octanol–water partition coefficient (Wildman–Crippen LogP) is -4.40. The topological polar surface area (TPSA) is 142 Å². The van der Waals surface area contributed by atoms with Crippen LogP contribution in [0.15, 0.2) is 25.3 Å². The van der Waals surface area contributed by atoms with Crippen molar-refractivity contribution in [3.05, 3.63) is 25.3 Å². The van der Waals surface area contributed by atoms with Crippen molar-refractivity contribution in [2.24, 2.45) is 7.05 Å². The van der Waals surface area contributed by atoms with Gasteiger partial charge in [0, 0.05) is 0 Å². The molecule has 0 amide bonds. The first-order valence-corrected chi connectivity index (χ1v) is 7.30. The Kier molecular flexibility index (Phi) is 15.0. The van der Waals surface area contributed by atoms with Crippen LogP contribution in [0.3, 0.4) is 0 Å². The van der Waals surface area contributed by atoms with Crippen molar-refractivity contribution in [3.63, 3.8) is 0 Å².